The van der Waals surface area contributed by atoms with Crippen LogP contribution in [-0.4, -0.2) is 43.3 Å². The maximum absolute atomic E-state index is 8.76. The maximum Gasteiger partial charge on any atom is 0.224 e. The van der Waals surface area contributed by atoms with Crippen molar-refractivity contribution in [2.45, 2.75) is 26.7 Å². The lowest BCUT2D eigenvalue weighted by atomic mass is 10.3. The van der Waals surface area contributed by atoms with Crippen LogP contribution < -0.4 is 10.2 Å². The summed E-state index contributed by atoms with van der Waals surface area (Å²) >= 11 is 0. The molecule has 0 aliphatic heterocycles. The molecule has 0 atom stereocenters. The lowest BCUT2D eigenvalue weighted by Crippen LogP contribution is -2.29. The molecule has 1 N–H and O–H groups in total. The molecule has 0 saturated heterocycles. The Hall–Kier alpha value is -1.87. The molecule has 0 bridgehead atoms. The van der Waals surface area contributed by atoms with Crippen molar-refractivity contribution in [2.24, 2.45) is 0 Å². The molecule has 0 spiro atoms. The van der Waals surface area contributed by atoms with Crippen LogP contribution in [0, 0.1) is 18.3 Å². The molecule has 20 heavy (non-hydrogen) atoms. The summed E-state index contributed by atoms with van der Waals surface area (Å²) < 4.78 is 5.12. The fourth-order valence-corrected chi connectivity index (χ4v) is 1.76. The molecule has 1 heterocycles. The van der Waals surface area contributed by atoms with Crippen molar-refractivity contribution in [3.05, 3.63) is 11.8 Å². The molecule has 0 radical (unpaired) electrons. The first-order valence-electron chi connectivity index (χ1n) is 6.91. The Morgan fingerprint density at radius 2 is 2.20 bits per heavy atom. The Morgan fingerprint density at radius 1 is 1.40 bits per heavy atom. The lowest BCUT2D eigenvalue weighted by Gasteiger charge is -2.23. The van der Waals surface area contributed by atoms with Crippen molar-refractivity contribution < 1.29 is 4.74 Å². The molecule has 1 aromatic rings. The fraction of sp³-hybridized carbons (Fsp3) is 0.643. The van der Waals surface area contributed by atoms with Gasteiger partial charge in [0.25, 0.3) is 0 Å². The van der Waals surface area contributed by atoms with E-state index in [-0.39, 0.29) is 0 Å². The molecule has 1 rings (SSSR count). The van der Waals surface area contributed by atoms with E-state index in [0.717, 1.165) is 24.5 Å². The van der Waals surface area contributed by atoms with Crippen LogP contribution in [0.2, 0.25) is 0 Å². The number of hydrogen-bond acceptors (Lipinski definition) is 6. The van der Waals surface area contributed by atoms with E-state index in [1.807, 2.05) is 13.0 Å². The lowest BCUT2D eigenvalue weighted by molar-refractivity contribution is 0.205. The molecule has 0 aliphatic carbocycles. The van der Waals surface area contributed by atoms with E-state index >= 15 is 0 Å². The Morgan fingerprint density at radius 3 is 2.85 bits per heavy atom. The van der Waals surface area contributed by atoms with Crippen molar-refractivity contribution >= 4 is 11.8 Å². The minimum absolute atomic E-state index is 0.463. The molecular formula is C14H23N5O. The Kier molecular flexibility index (Phi) is 7.36. The quantitative estimate of drug-likeness (QED) is 0.744. The largest absolute Gasteiger partial charge is 0.383 e. The zero-order valence-electron chi connectivity index (χ0n) is 12.5. The minimum Gasteiger partial charge on any atom is -0.383 e. The molecule has 6 nitrogen and oxygen atoms in total. The molecule has 6 heteroatoms. The maximum atomic E-state index is 8.76. The smallest absolute Gasteiger partial charge is 0.224 e. The van der Waals surface area contributed by atoms with Gasteiger partial charge in [-0.3, -0.25) is 0 Å². The van der Waals surface area contributed by atoms with Gasteiger partial charge in [-0.1, -0.05) is 6.92 Å². The van der Waals surface area contributed by atoms with Crippen molar-refractivity contribution in [1.29, 1.82) is 5.26 Å². The van der Waals surface area contributed by atoms with Gasteiger partial charge in [0.2, 0.25) is 5.95 Å². The summed E-state index contributed by atoms with van der Waals surface area (Å²) in [5.74, 6) is 1.48. The van der Waals surface area contributed by atoms with Gasteiger partial charge in [0.15, 0.2) is 0 Å². The highest BCUT2D eigenvalue weighted by atomic mass is 16.5. The van der Waals surface area contributed by atoms with E-state index < -0.39 is 0 Å². The normalized spacial score (nSPS) is 10.1. The first kappa shape index (κ1) is 16.2. The van der Waals surface area contributed by atoms with Crippen LogP contribution in [-0.2, 0) is 4.74 Å². The van der Waals surface area contributed by atoms with Crippen LogP contribution in [0.15, 0.2) is 6.07 Å². The van der Waals surface area contributed by atoms with Gasteiger partial charge in [-0.05, 0) is 13.3 Å². The molecule has 1 aromatic heterocycles. The van der Waals surface area contributed by atoms with Gasteiger partial charge in [0, 0.05) is 38.5 Å². The van der Waals surface area contributed by atoms with Crippen LogP contribution in [0.5, 0.6) is 0 Å². The Balaban J connectivity index is 2.87. The minimum atomic E-state index is 0.463. The van der Waals surface area contributed by atoms with E-state index in [1.54, 1.807) is 7.11 Å². The number of rotatable bonds is 9. The van der Waals surface area contributed by atoms with Gasteiger partial charge in [-0.25, -0.2) is 4.98 Å². The summed E-state index contributed by atoms with van der Waals surface area (Å²) in [6.45, 7) is 6.85. The summed E-state index contributed by atoms with van der Waals surface area (Å²) in [5.41, 5.74) is 0.910. The van der Waals surface area contributed by atoms with Crippen LogP contribution in [0.3, 0.4) is 0 Å². The van der Waals surface area contributed by atoms with E-state index in [0.29, 0.717) is 32.1 Å². The van der Waals surface area contributed by atoms with E-state index in [4.69, 9.17) is 10.00 Å². The molecule has 0 aliphatic rings. The number of ether oxygens (including phenoxy) is 1. The molecular weight excluding hydrogens is 254 g/mol. The summed E-state index contributed by atoms with van der Waals surface area (Å²) in [4.78, 5) is 10.9. The van der Waals surface area contributed by atoms with Gasteiger partial charge in [0.1, 0.15) is 5.82 Å². The van der Waals surface area contributed by atoms with Crippen LogP contribution in [0.4, 0.5) is 11.8 Å². The summed E-state index contributed by atoms with van der Waals surface area (Å²) in [6.07, 6.45) is 1.49. The Bertz CT molecular complexity index is 444. The van der Waals surface area contributed by atoms with Gasteiger partial charge in [0.05, 0.1) is 19.1 Å². The highest BCUT2D eigenvalue weighted by molar-refractivity contribution is 5.44. The number of hydrogen-bond donors (Lipinski definition) is 1. The van der Waals surface area contributed by atoms with Gasteiger partial charge in [-0.15, -0.1) is 0 Å². The number of methoxy groups -OCH3 is 1. The zero-order chi connectivity index (χ0) is 14.8. The number of nitrogens with zero attached hydrogens (tertiary/aromatic N) is 4. The monoisotopic (exact) mass is 277 g/mol. The topological polar surface area (TPSA) is 74.1 Å². The van der Waals surface area contributed by atoms with Crippen molar-refractivity contribution in [1.82, 2.24) is 9.97 Å². The third-order valence-corrected chi connectivity index (χ3v) is 2.76. The van der Waals surface area contributed by atoms with Crippen molar-refractivity contribution in [3.8, 4) is 6.07 Å². The average molecular weight is 277 g/mol. The third kappa shape index (κ3) is 5.41. The van der Waals surface area contributed by atoms with Gasteiger partial charge in [-0.2, -0.15) is 10.2 Å². The first-order chi connectivity index (χ1) is 9.71. The molecule has 0 amide bonds. The second kappa shape index (κ2) is 9.10. The number of nitrogens with one attached hydrogen (secondary N) is 1. The number of aromatic nitrogens is 2. The Labute approximate surface area is 120 Å². The number of nitriles is 1. The van der Waals surface area contributed by atoms with Crippen LogP contribution >= 0.6 is 0 Å². The summed E-state index contributed by atoms with van der Waals surface area (Å²) in [5, 5.41) is 12.0. The predicted molar refractivity (Wildman–Crippen MR) is 79.9 cm³/mol. The van der Waals surface area contributed by atoms with Crippen LogP contribution in [0.25, 0.3) is 0 Å². The van der Waals surface area contributed by atoms with E-state index in [2.05, 4.69) is 33.2 Å². The van der Waals surface area contributed by atoms with E-state index in [9.17, 15) is 0 Å². The molecule has 110 valence electrons. The second-order valence-corrected chi connectivity index (χ2v) is 4.51. The summed E-state index contributed by atoms with van der Waals surface area (Å²) in [6, 6.07) is 4.10. The van der Waals surface area contributed by atoms with Gasteiger partial charge >= 0.3 is 0 Å². The average Bonchev–Trinajstić information content (AvgIpc) is 2.44. The molecule has 0 saturated carbocycles. The van der Waals surface area contributed by atoms with Crippen LogP contribution in [0.1, 0.15) is 25.5 Å². The molecule has 0 fully saturated rings. The van der Waals surface area contributed by atoms with E-state index in [1.165, 1.54) is 0 Å². The van der Waals surface area contributed by atoms with Gasteiger partial charge < -0.3 is 15.0 Å². The number of anilines is 2. The third-order valence-electron chi connectivity index (χ3n) is 2.76. The number of aryl methyl sites for hydroxylation is 1. The van der Waals surface area contributed by atoms with Crippen molar-refractivity contribution in [3.63, 3.8) is 0 Å². The standard InChI is InChI=1S/C14H23N5O/c1-4-7-16-14-17-12(2)11-13(18-14)19(8-5-6-15)9-10-20-3/h11H,4-5,7-10H2,1-3H3,(H,16,17,18). The predicted octanol–water partition coefficient (Wildman–Crippen LogP) is 1.97. The highest BCUT2D eigenvalue weighted by Gasteiger charge is 2.10. The zero-order valence-corrected chi connectivity index (χ0v) is 12.5. The fourth-order valence-electron chi connectivity index (χ4n) is 1.76. The highest BCUT2D eigenvalue weighted by Crippen LogP contribution is 2.15. The molecule has 0 unspecified atom stereocenters. The first-order valence-corrected chi connectivity index (χ1v) is 6.91. The summed E-state index contributed by atoms with van der Waals surface area (Å²) in [7, 11) is 1.67. The SMILES string of the molecule is CCCNc1nc(C)cc(N(CCC#N)CCOC)n1. The molecule has 0 aromatic carbocycles. The second-order valence-electron chi connectivity index (χ2n) is 4.51. The van der Waals surface area contributed by atoms with Crippen molar-refractivity contribution in [2.75, 3.05) is 43.6 Å².